The van der Waals surface area contributed by atoms with Crippen LogP contribution in [0.15, 0.2) is 51.8 Å². The van der Waals surface area contributed by atoms with Crippen molar-refractivity contribution < 1.29 is 17.9 Å². The maximum Gasteiger partial charge on any atom is 0.252 e. The fraction of sp³-hybridized carbons (Fsp3) is 0.278. The molecule has 0 saturated carbocycles. The maximum absolute atomic E-state index is 12.5. The lowest BCUT2D eigenvalue weighted by Crippen LogP contribution is -2.28. The van der Waals surface area contributed by atoms with Gasteiger partial charge < -0.3 is 10.1 Å². The van der Waals surface area contributed by atoms with Crippen LogP contribution in [-0.2, 0) is 21.3 Å². The smallest absolute Gasteiger partial charge is 0.252 e. The van der Waals surface area contributed by atoms with Crippen LogP contribution >= 0.6 is 15.9 Å². The fourth-order valence-corrected chi connectivity index (χ4v) is 3.75. The highest BCUT2D eigenvalue weighted by atomic mass is 79.9. The molecule has 0 unspecified atom stereocenters. The summed E-state index contributed by atoms with van der Waals surface area (Å²) in [4.78, 5) is 12.5. The molecule has 1 amide bonds. The van der Waals surface area contributed by atoms with Gasteiger partial charge in [-0.15, -0.1) is 0 Å². The zero-order valence-corrected chi connectivity index (χ0v) is 17.0. The van der Waals surface area contributed by atoms with Gasteiger partial charge >= 0.3 is 0 Å². The molecule has 0 aliphatic carbocycles. The summed E-state index contributed by atoms with van der Waals surface area (Å²) in [7, 11) is -2.22. The van der Waals surface area contributed by atoms with E-state index in [0.717, 1.165) is 11.1 Å². The van der Waals surface area contributed by atoms with Crippen LogP contribution in [0.2, 0.25) is 0 Å². The van der Waals surface area contributed by atoms with Crippen molar-refractivity contribution in [1.29, 1.82) is 0 Å². The van der Waals surface area contributed by atoms with Gasteiger partial charge in [-0.3, -0.25) is 4.79 Å². The Labute approximate surface area is 162 Å². The van der Waals surface area contributed by atoms with E-state index in [1.165, 1.54) is 19.2 Å². The fourth-order valence-electron chi connectivity index (χ4n) is 2.29. The summed E-state index contributed by atoms with van der Waals surface area (Å²) in [6.07, 6.45) is 0. The van der Waals surface area contributed by atoms with Gasteiger partial charge in [0.2, 0.25) is 10.0 Å². The van der Waals surface area contributed by atoms with Gasteiger partial charge in [0, 0.05) is 24.7 Å². The highest BCUT2D eigenvalue weighted by molar-refractivity contribution is 9.10. The number of benzene rings is 2. The molecule has 0 spiro atoms. The van der Waals surface area contributed by atoms with Crippen molar-refractivity contribution in [2.45, 2.75) is 18.4 Å². The number of methoxy groups -OCH3 is 1. The van der Waals surface area contributed by atoms with Crippen LogP contribution in [0, 0.1) is 6.92 Å². The molecule has 2 rings (SSSR count). The first kappa shape index (κ1) is 20.6. The Balaban J connectivity index is 2.16. The van der Waals surface area contributed by atoms with Gasteiger partial charge in [-0.05, 0) is 52.2 Å². The molecule has 140 valence electrons. The normalized spacial score (nSPS) is 11.3. The van der Waals surface area contributed by atoms with E-state index in [9.17, 15) is 13.2 Å². The molecule has 8 heteroatoms. The molecule has 0 saturated heterocycles. The molecule has 0 radical (unpaired) electrons. The number of halogens is 1. The zero-order chi connectivity index (χ0) is 19.2. The summed E-state index contributed by atoms with van der Waals surface area (Å²) in [6, 6.07) is 12.1. The van der Waals surface area contributed by atoms with E-state index in [1.54, 1.807) is 6.07 Å². The van der Waals surface area contributed by atoms with Gasteiger partial charge in [0.15, 0.2) is 0 Å². The van der Waals surface area contributed by atoms with E-state index in [-0.39, 0.29) is 29.5 Å². The summed E-state index contributed by atoms with van der Waals surface area (Å²) >= 11 is 3.31. The van der Waals surface area contributed by atoms with Crippen molar-refractivity contribution in [2.75, 3.05) is 20.3 Å². The average Bonchev–Trinajstić information content (AvgIpc) is 2.61. The summed E-state index contributed by atoms with van der Waals surface area (Å²) in [5, 5.41) is 2.82. The van der Waals surface area contributed by atoms with E-state index in [0.29, 0.717) is 11.0 Å². The number of carbonyl (C=O) groups is 1. The Morgan fingerprint density at radius 3 is 2.62 bits per heavy atom. The molecule has 0 bridgehead atoms. The van der Waals surface area contributed by atoms with Gasteiger partial charge in [0.05, 0.1) is 17.1 Å². The number of nitrogens with one attached hydrogen (secondary N) is 2. The largest absolute Gasteiger partial charge is 0.383 e. The molecule has 0 heterocycles. The lowest BCUT2D eigenvalue weighted by Gasteiger charge is -2.11. The predicted octanol–water partition coefficient (Wildman–Crippen LogP) is 2.61. The summed E-state index contributed by atoms with van der Waals surface area (Å²) in [5.41, 5.74) is 2.33. The predicted molar refractivity (Wildman–Crippen MR) is 104 cm³/mol. The molecular weight excluding hydrogens is 420 g/mol. The molecule has 26 heavy (non-hydrogen) atoms. The molecule has 0 atom stereocenters. The Morgan fingerprint density at radius 1 is 1.19 bits per heavy atom. The monoisotopic (exact) mass is 440 g/mol. The topological polar surface area (TPSA) is 84.5 Å². The number of rotatable bonds is 8. The summed E-state index contributed by atoms with van der Waals surface area (Å²) in [6.45, 7) is 2.75. The van der Waals surface area contributed by atoms with Crippen LogP contribution in [0.1, 0.15) is 21.5 Å². The van der Waals surface area contributed by atoms with Crippen molar-refractivity contribution in [1.82, 2.24) is 10.0 Å². The van der Waals surface area contributed by atoms with Crippen LogP contribution < -0.4 is 10.0 Å². The molecule has 0 fully saturated rings. The first-order valence-corrected chi connectivity index (χ1v) is 10.2. The first-order valence-electron chi connectivity index (χ1n) is 7.96. The third-order valence-corrected chi connectivity index (χ3v) is 5.94. The summed E-state index contributed by atoms with van der Waals surface area (Å²) < 4.78 is 32.4. The quantitative estimate of drug-likeness (QED) is 0.617. The lowest BCUT2D eigenvalue weighted by atomic mass is 10.1. The van der Waals surface area contributed by atoms with Gasteiger partial charge in [0.1, 0.15) is 0 Å². The second-order valence-corrected chi connectivity index (χ2v) is 8.26. The number of aryl methyl sites for hydroxylation is 1. The minimum Gasteiger partial charge on any atom is -0.383 e. The third kappa shape index (κ3) is 5.38. The third-order valence-electron chi connectivity index (χ3n) is 3.79. The lowest BCUT2D eigenvalue weighted by molar-refractivity contribution is 0.0950. The molecule has 0 aliphatic heterocycles. The van der Waals surface area contributed by atoms with Gasteiger partial charge in [0.25, 0.3) is 5.91 Å². The first-order chi connectivity index (χ1) is 12.3. The van der Waals surface area contributed by atoms with Crippen molar-refractivity contribution in [3.63, 3.8) is 0 Å². The molecule has 2 N–H and O–H groups in total. The second kappa shape index (κ2) is 9.27. The molecule has 2 aromatic rings. The minimum atomic E-state index is -3.71. The van der Waals surface area contributed by atoms with E-state index < -0.39 is 10.0 Å². The van der Waals surface area contributed by atoms with Crippen LogP contribution in [0.25, 0.3) is 0 Å². The molecule has 6 nitrogen and oxygen atoms in total. The standard InChI is InChI=1S/C18H21BrN2O4S/c1-13-5-3-4-6-14(13)12-20-18(22)16-11-15(7-8-17(16)19)26(23,24)21-9-10-25-2/h3-8,11,21H,9-10,12H2,1-2H3,(H,20,22). The van der Waals surface area contributed by atoms with Crippen LogP contribution in [0.5, 0.6) is 0 Å². The number of ether oxygens (including phenoxy) is 1. The van der Waals surface area contributed by atoms with Crippen LogP contribution in [0.3, 0.4) is 0 Å². The number of amides is 1. The summed E-state index contributed by atoms with van der Waals surface area (Å²) in [5.74, 6) is -0.353. The van der Waals surface area contributed by atoms with Crippen LogP contribution in [-0.4, -0.2) is 34.6 Å². The Hall–Kier alpha value is -1.74. The van der Waals surface area contributed by atoms with E-state index in [2.05, 4.69) is 26.0 Å². The van der Waals surface area contributed by atoms with Crippen molar-refractivity contribution in [3.8, 4) is 0 Å². The number of sulfonamides is 1. The van der Waals surface area contributed by atoms with E-state index >= 15 is 0 Å². The molecule has 0 aliphatic rings. The van der Waals surface area contributed by atoms with Gasteiger partial charge in [-0.2, -0.15) is 0 Å². The maximum atomic E-state index is 12.5. The van der Waals surface area contributed by atoms with Crippen LogP contribution in [0.4, 0.5) is 0 Å². The molecule has 0 aromatic heterocycles. The number of hydrogen-bond donors (Lipinski definition) is 2. The Kier molecular flexibility index (Phi) is 7.33. The average molecular weight is 441 g/mol. The van der Waals surface area contributed by atoms with Crippen molar-refractivity contribution in [3.05, 3.63) is 63.6 Å². The van der Waals surface area contributed by atoms with Crippen molar-refractivity contribution >= 4 is 31.9 Å². The van der Waals surface area contributed by atoms with E-state index in [1.807, 2.05) is 31.2 Å². The highest BCUT2D eigenvalue weighted by Gasteiger charge is 2.18. The van der Waals surface area contributed by atoms with Gasteiger partial charge in [-0.1, -0.05) is 24.3 Å². The minimum absolute atomic E-state index is 0.0258. The Bertz CT molecular complexity index is 885. The highest BCUT2D eigenvalue weighted by Crippen LogP contribution is 2.21. The molecular formula is C18H21BrN2O4S. The van der Waals surface area contributed by atoms with Crippen molar-refractivity contribution in [2.24, 2.45) is 0 Å². The zero-order valence-electron chi connectivity index (χ0n) is 14.6. The number of hydrogen-bond acceptors (Lipinski definition) is 4. The van der Waals surface area contributed by atoms with Gasteiger partial charge in [-0.25, -0.2) is 13.1 Å². The second-order valence-electron chi connectivity index (χ2n) is 5.64. The molecule has 2 aromatic carbocycles. The number of carbonyl (C=O) groups excluding carboxylic acids is 1. The SMILES string of the molecule is COCCNS(=O)(=O)c1ccc(Br)c(C(=O)NCc2ccccc2C)c1. The van der Waals surface area contributed by atoms with E-state index in [4.69, 9.17) is 4.74 Å². The Morgan fingerprint density at radius 2 is 1.92 bits per heavy atom.